The zero-order chi connectivity index (χ0) is 12.6. The molecule has 4 N–H and O–H groups in total. The van der Waals surface area contributed by atoms with E-state index in [1.165, 1.54) is 0 Å². The molecule has 0 amide bonds. The molecule has 2 rings (SSSR count). The first-order valence-electron chi connectivity index (χ1n) is 5.37. The van der Waals surface area contributed by atoms with E-state index in [9.17, 15) is 10.2 Å². The molecule has 2 heterocycles. The van der Waals surface area contributed by atoms with Crippen molar-refractivity contribution >= 4 is 23.0 Å². The van der Waals surface area contributed by atoms with Crippen LogP contribution in [0.2, 0.25) is 0 Å². The lowest BCUT2D eigenvalue weighted by Crippen LogP contribution is -2.23. The maximum atomic E-state index is 9.51. The molecule has 0 aliphatic carbocycles. The van der Waals surface area contributed by atoms with Gasteiger partial charge in [0.15, 0.2) is 0 Å². The van der Waals surface area contributed by atoms with Crippen LogP contribution in [0.25, 0.3) is 0 Å². The minimum absolute atomic E-state index is 0.317. The molecule has 1 aliphatic heterocycles. The van der Waals surface area contributed by atoms with Gasteiger partial charge in [0.25, 0.3) is 0 Å². The fourth-order valence-electron chi connectivity index (χ4n) is 1.91. The van der Waals surface area contributed by atoms with Crippen LogP contribution in [0.4, 0.5) is 5.82 Å². The number of anilines is 1. The molecule has 0 radical (unpaired) electrons. The smallest absolute Gasteiger partial charge is 0.129 e. The van der Waals surface area contributed by atoms with E-state index < -0.39 is 12.2 Å². The molecule has 0 aromatic carbocycles. The summed E-state index contributed by atoms with van der Waals surface area (Å²) in [7, 11) is 0. The Hall–Kier alpha value is -1.24. The van der Waals surface area contributed by atoms with E-state index in [0.29, 0.717) is 23.9 Å². The first-order chi connectivity index (χ1) is 7.97. The standard InChI is InChI=1S/C11H15N3O2S/c1-6-2-7(11(12)17)3-10(13-6)14-4-8(15)9(16)5-14/h2-3,8-9,15-16H,4-5H2,1H3,(H2,12,17). The number of nitrogens with two attached hydrogens (primary N) is 1. The van der Waals surface area contributed by atoms with Crippen molar-refractivity contribution in [3.63, 3.8) is 0 Å². The third-order valence-electron chi connectivity index (χ3n) is 2.81. The molecular formula is C11H15N3O2S. The van der Waals surface area contributed by atoms with E-state index in [2.05, 4.69) is 4.98 Å². The van der Waals surface area contributed by atoms with Gasteiger partial charge in [-0.05, 0) is 19.1 Å². The van der Waals surface area contributed by atoms with Gasteiger partial charge in [0, 0.05) is 24.3 Å². The van der Waals surface area contributed by atoms with E-state index in [1.54, 1.807) is 6.07 Å². The second kappa shape index (κ2) is 4.56. The number of β-amino-alcohol motifs (C(OH)–C–C–N with tert-alkyl or cyclic N) is 2. The highest BCUT2D eigenvalue weighted by Crippen LogP contribution is 2.20. The summed E-state index contributed by atoms with van der Waals surface area (Å²) in [4.78, 5) is 6.50. The summed E-state index contributed by atoms with van der Waals surface area (Å²) in [5.74, 6) is 0.684. The first-order valence-corrected chi connectivity index (χ1v) is 5.78. The highest BCUT2D eigenvalue weighted by Gasteiger charge is 2.30. The fraction of sp³-hybridized carbons (Fsp3) is 0.455. The molecule has 1 saturated heterocycles. The summed E-state index contributed by atoms with van der Waals surface area (Å²) in [5, 5.41) is 19.0. The number of hydrogen-bond donors (Lipinski definition) is 3. The summed E-state index contributed by atoms with van der Waals surface area (Å²) in [6.07, 6.45) is -1.46. The lowest BCUT2D eigenvalue weighted by atomic mass is 10.2. The monoisotopic (exact) mass is 253 g/mol. The number of aliphatic hydroxyl groups is 2. The Morgan fingerprint density at radius 3 is 2.53 bits per heavy atom. The van der Waals surface area contributed by atoms with Gasteiger partial charge in [-0.1, -0.05) is 12.2 Å². The number of pyridine rings is 1. The Labute approximate surface area is 105 Å². The Kier molecular flexibility index (Phi) is 3.28. The third kappa shape index (κ3) is 2.54. The van der Waals surface area contributed by atoms with Crippen LogP contribution in [-0.4, -0.2) is 45.5 Å². The minimum Gasteiger partial charge on any atom is -0.389 e. The summed E-state index contributed by atoms with van der Waals surface area (Å²) < 4.78 is 0. The molecule has 92 valence electrons. The summed E-state index contributed by atoms with van der Waals surface area (Å²) in [6.45, 7) is 2.59. The van der Waals surface area contributed by atoms with Gasteiger partial charge in [0.2, 0.25) is 0 Å². The van der Waals surface area contributed by atoms with Crippen molar-refractivity contribution in [3.8, 4) is 0 Å². The summed E-state index contributed by atoms with van der Waals surface area (Å²) >= 11 is 4.94. The average Bonchev–Trinajstić information content (AvgIpc) is 2.58. The van der Waals surface area contributed by atoms with Crippen LogP contribution in [0, 0.1) is 6.92 Å². The van der Waals surface area contributed by atoms with Crippen molar-refractivity contribution < 1.29 is 10.2 Å². The molecule has 1 aromatic rings. The second-order valence-electron chi connectivity index (χ2n) is 4.26. The molecule has 2 atom stereocenters. The molecule has 1 fully saturated rings. The number of thiocarbonyl (C=S) groups is 1. The van der Waals surface area contributed by atoms with Crippen LogP contribution < -0.4 is 10.6 Å². The molecule has 5 nitrogen and oxygen atoms in total. The van der Waals surface area contributed by atoms with Crippen molar-refractivity contribution in [2.45, 2.75) is 19.1 Å². The molecule has 17 heavy (non-hydrogen) atoms. The molecule has 6 heteroatoms. The molecule has 1 aromatic heterocycles. The van der Waals surface area contributed by atoms with E-state index in [0.717, 1.165) is 11.3 Å². The van der Waals surface area contributed by atoms with Crippen LogP contribution in [0.15, 0.2) is 12.1 Å². The van der Waals surface area contributed by atoms with Gasteiger partial charge in [-0.15, -0.1) is 0 Å². The van der Waals surface area contributed by atoms with Gasteiger partial charge in [0.1, 0.15) is 10.8 Å². The predicted molar refractivity (Wildman–Crippen MR) is 69.1 cm³/mol. The van der Waals surface area contributed by atoms with Gasteiger partial charge in [0.05, 0.1) is 12.2 Å². The van der Waals surface area contributed by atoms with Gasteiger partial charge in [-0.2, -0.15) is 0 Å². The Morgan fingerprint density at radius 2 is 2.00 bits per heavy atom. The van der Waals surface area contributed by atoms with Crippen molar-refractivity contribution in [3.05, 3.63) is 23.4 Å². The van der Waals surface area contributed by atoms with Gasteiger partial charge in [-0.25, -0.2) is 4.98 Å². The molecule has 0 spiro atoms. The lowest BCUT2D eigenvalue weighted by molar-refractivity contribution is 0.0572. The zero-order valence-corrected chi connectivity index (χ0v) is 10.3. The third-order valence-corrected chi connectivity index (χ3v) is 3.04. The van der Waals surface area contributed by atoms with Gasteiger partial charge in [-0.3, -0.25) is 0 Å². The van der Waals surface area contributed by atoms with Crippen LogP contribution in [0.3, 0.4) is 0 Å². The SMILES string of the molecule is Cc1cc(C(N)=S)cc(N2CC(O)C(O)C2)n1. The van der Waals surface area contributed by atoms with Gasteiger partial charge >= 0.3 is 0 Å². The summed E-state index contributed by atoms with van der Waals surface area (Å²) in [6, 6.07) is 3.59. The topological polar surface area (TPSA) is 82.6 Å². The second-order valence-corrected chi connectivity index (χ2v) is 4.70. The van der Waals surface area contributed by atoms with Crippen LogP contribution in [0.1, 0.15) is 11.3 Å². The number of rotatable bonds is 2. The maximum Gasteiger partial charge on any atom is 0.129 e. The van der Waals surface area contributed by atoms with E-state index in [1.807, 2.05) is 17.9 Å². The predicted octanol–water partition coefficient (Wildman–Crippen LogP) is -0.434. The minimum atomic E-state index is -0.731. The molecule has 1 aliphatic rings. The molecule has 0 saturated carbocycles. The largest absolute Gasteiger partial charge is 0.389 e. The molecule has 2 unspecified atom stereocenters. The Bertz CT molecular complexity index is 442. The van der Waals surface area contributed by atoms with Crippen molar-refractivity contribution in [2.75, 3.05) is 18.0 Å². The highest BCUT2D eigenvalue weighted by molar-refractivity contribution is 7.80. The number of aromatic nitrogens is 1. The van der Waals surface area contributed by atoms with E-state index in [4.69, 9.17) is 18.0 Å². The Morgan fingerprint density at radius 1 is 1.41 bits per heavy atom. The quantitative estimate of drug-likeness (QED) is 0.620. The molecular weight excluding hydrogens is 238 g/mol. The van der Waals surface area contributed by atoms with E-state index in [-0.39, 0.29) is 0 Å². The number of aliphatic hydroxyl groups excluding tert-OH is 2. The fourth-order valence-corrected chi connectivity index (χ4v) is 2.03. The summed E-state index contributed by atoms with van der Waals surface area (Å²) in [5.41, 5.74) is 7.15. The van der Waals surface area contributed by atoms with E-state index >= 15 is 0 Å². The van der Waals surface area contributed by atoms with Crippen LogP contribution in [-0.2, 0) is 0 Å². The first kappa shape index (κ1) is 12.2. The van der Waals surface area contributed by atoms with Crippen molar-refractivity contribution in [1.29, 1.82) is 0 Å². The lowest BCUT2D eigenvalue weighted by Gasteiger charge is -2.17. The Balaban J connectivity index is 2.30. The highest BCUT2D eigenvalue weighted by atomic mass is 32.1. The maximum absolute atomic E-state index is 9.51. The zero-order valence-electron chi connectivity index (χ0n) is 9.50. The van der Waals surface area contributed by atoms with Crippen molar-refractivity contribution in [1.82, 2.24) is 4.98 Å². The average molecular weight is 253 g/mol. The number of nitrogens with zero attached hydrogens (tertiary/aromatic N) is 2. The van der Waals surface area contributed by atoms with Crippen LogP contribution >= 0.6 is 12.2 Å². The number of aryl methyl sites for hydroxylation is 1. The number of hydrogen-bond acceptors (Lipinski definition) is 5. The molecule has 0 bridgehead atoms. The van der Waals surface area contributed by atoms with Gasteiger partial charge < -0.3 is 20.8 Å². The van der Waals surface area contributed by atoms with Crippen molar-refractivity contribution in [2.24, 2.45) is 5.73 Å². The van der Waals surface area contributed by atoms with Crippen LogP contribution in [0.5, 0.6) is 0 Å². The normalized spacial score (nSPS) is 24.1.